The summed E-state index contributed by atoms with van der Waals surface area (Å²) in [6.45, 7) is 12.9. The number of ether oxygens (including phenoxy) is 1. The first kappa shape index (κ1) is 31.0. The Morgan fingerprint density at radius 2 is 1.74 bits per heavy atom. The third kappa shape index (κ3) is 8.12. The molecule has 208 valence electrons. The summed E-state index contributed by atoms with van der Waals surface area (Å²) in [5, 5.41) is 16.7. The lowest BCUT2D eigenvalue weighted by Crippen LogP contribution is -2.54. The Bertz CT molecular complexity index is 1110. The summed E-state index contributed by atoms with van der Waals surface area (Å²) in [7, 11) is 0. The standard InChI is InChI=1S/C29H40ClN3O5/c1-8-17-33(27(36)24(18(3)9-2)32-28(37)38-29(5,6)7)25(20-14-10-11-16-22(20)34)26(35)31-23-19(4)13-12-15-21(23)30/h10-16,18,24-25,34H,8-9,17H2,1-7H3,(H,31,35)(H,32,37). The van der Waals surface area contributed by atoms with Crippen LogP contribution in [0.1, 0.15) is 71.6 Å². The molecular weight excluding hydrogens is 506 g/mol. The number of carbonyl (C=O) groups is 3. The second kappa shape index (κ2) is 13.5. The lowest BCUT2D eigenvalue weighted by Gasteiger charge is -2.36. The first-order valence-electron chi connectivity index (χ1n) is 12.9. The molecule has 8 nitrogen and oxygen atoms in total. The summed E-state index contributed by atoms with van der Waals surface area (Å²) in [5.41, 5.74) is 0.686. The minimum absolute atomic E-state index is 0.127. The Balaban J connectivity index is 2.57. The third-order valence-corrected chi connectivity index (χ3v) is 6.48. The zero-order chi connectivity index (χ0) is 28.6. The topological polar surface area (TPSA) is 108 Å². The molecule has 0 fully saturated rings. The van der Waals surface area contributed by atoms with Crippen LogP contribution < -0.4 is 10.6 Å². The van der Waals surface area contributed by atoms with Gasteiger partial charge in [-0.2, -0.15) is 0 Å². The van der Waals surface area contributed by atoms with E-state index in [4.69, 9.17) is 16.3 Å². The number of amides is 3. The maximum Gasteiger partial charge on any atom is 0.408 e. The van der Waals surface area contributed by atoms with Crippen molar-refractivity contribution >= 4 is 35.2 Å². The van der Waals surface area contributed by atoms with Crippen LogP contribution in [0.25, 0.3) is 0 Å². The molecule has 3 atom stereocenters. The van der Waals surface area contributed by atoms with E-state index in [9.17, 15) is 19.5 Å². The normalized spacial score (nSPS) is 13.7. The van der Waals surface area contributed by atoms with Crippen molar-refractivity contribution < 1.29 is 24.2 Å². The van der Waals surface area contributed by atoms with Crippen LogP contribution >= 0.6 is 11.6 Å². The van der Waals surface area contributed by atoms with E-state index in [2.05, 4.69) is 10.6 Å². The molecule has 0 saturated heterocycles. The van der Waals surface area contributed by atoms with E-state index < -0.39 is 35.6 Å². The number of carbonyl (C=O) groups excluding carboxylic acids is 3. The van der Waals surface area contributed by atoms with Gasteiger partial charge in [-0.3, -0.25) is 9.59 Å². The van der Waals surface area contributed by atoms with Crippen LogP contribution in [0.3, 0.4) is 0 Å². The molecule has 0 aliphatic rings. The largest absolute Gasteiger partial charge is 0.508 e. The number of aryl methyl sites for hydroxylation is 1. The van der Waals surface area contributed by atoms with Crippen molar-refractivity contribution in [3.63, 3.8) is 0 Å². The summed E-state index contributed by atoms with van der Waals surface area (Å²) < 4.78 is 5.42. The monoisotopic (exact) mass is 545 g/mol. The average molecular weight is 546 g/mol. The smallest absolute Gasteiger partial charge is 0.408 e. The Labute approximate surface area is 230 Å². The van der Waals surface area contributed by atoms with Crippen molar-refractivity contribution in [1.29, 1.82) is 0 Å². The molecule has 2 aromatic rings. The Morgan fingerprint density at radius 3 is 2.29 bits per heavy atom. The van der Waals surface area contributed by atoms with E-state index in [0.29, 0.717) is 23.6 Å². The number of para-hydroxylation sites is 2. The van der Waals surface area contributed by atoms with Crippen molar-refractivity contribution in [3.8, 4) is 5.75 Å². The highest BCUT2D eigenvalue weighted by Crippen LogP contribution is 2.33. The van der Waals surface area contributed by atoms with Gasteiger partial charge in [-0.25, -0.2) is 4.79 Å². The molecule has 0 aliphatic heterocycles. The van der Waals surface area contributed by atoms with Crippen molar-refractivity contribution in [1.82, 2.24) is 10.2 Å². The van der Waals surface area contributed by atoms with E-state index in [1.807, 2.05) is 33.8 Å². The van der Waals surface area contributed by atoms with Crippen molar-refractivity contribution in [3.05, 3.63) is 58.6 Å². The summed E-state index contributed by atoms with van der Waals surface area (Å²) in [4.78, 5) is 42.1. The van der Waals surface area contributed by atoms with Gasteiger partial charge in [-0.05, 0) is 57.7 Å². The fourth-order valence-electron chi connectivity index (χ4n) is 4.05. The van der Waals surface area contributed by atoms with E-state index >= 15 is 0 Å². The number of anilines is 1. The molecule has 0 spiro atoms. The van der Waals surface area contributed by atoms with Crippen LogP contribution in [-0.4, -0.2) is 46.1 Å². The number of hydrogen-bond donors (Lipinski definition) is 3. The number of benzene rings is 2. The fraction of sp³-hybridized carbons (Fsp3) is 0.483. The lowest BCUT2D eigenvalue weighted by atomic mass is 9.95. The van der Waals surface area contributed by atoms with Gasteiger partial charge in [-0.15, -0.1) is 0 Å². The molecule has 0 bridgehead atoms. The first-order chi connectivity index (χ1) is 17.8. The van der Waals surface area contributed by atoms with Crippen molar-refractivity contribution in [2.45, 2.75) is 79.0 Å². The van der Waals surface area contributed by atoms with Crippen LogP contribution in [0.15, 0.2) is 42.5 Å². The van der Waals surface area contributed by atoms with Gasteiger partial charge in [0.2, 0.25) is 5.91 Å². The minimum Gasteiger partial charge on any atom is -0.508 e. The maximum atomic E-state index is 14.1. The van der Waals surface area contributed by atoms with E-state index in [1.54, 1.807) is 51.1 Å². The Kier molecular flexibility index (Phi) is 11.0. The van der Waals surface area contributed by atoms with Gasteiger partial charge in [0.15, 0.2) is 0 Å². The number of nitrogens with one attached hydrogen (secondary N) is 2. The molecule has 2 rings (SSSR count). The van der Waals surface area contributed by atoms with Gasteiger partial charge in [0, 0.05) is 12.1 Å². The minimum atomic E-state index is -1.19. The Hall–Kier alpha value is -3.26. The predicted octanol–water partition coefficient (Wildman–Crippen LogP) is 6.21. The van der Waals surface area contributed by atoms with Crippen molar-refractivity contribution in [2.75, 3.05) is 11.9 Å². The van der Waals surface area contributed by atoms with Gasteiger partial charge in [0.25, 0.3) is 5.91 Å². The van der Waals surface area contributed by atoms with Gasteiger partial charge < -0.3 is 25.4 Å². The van der Waals surface area contributed by atoms with Crippen LogP contribution in [0, 0.1) is 12.8 Å². The average Bonchev–Trinajstić information content (AvgIpc) is 2.83. The molecule has 38 heavy (non-hydrogen) atoms. The molecule has 0 aromatic heterocycles. The molecule has 3 N–H and O–H groups in total. The zero-order valence-corrected chi connectivity index (χ0v) is 24.1. The van der Waals surface area contributed by atoms with E-state index in [0.717, 1.165) is 5.56 Å². The molecular formula is C29H40ClN3O5. The molecule has 0 radical (unpaired) electrons. The van der Waals surface area contributed by atoms with Crippen LogP contribution in [-0.2, 0) is 14.3 Å². The second-order valence-electron chi connectivity index (χ2n) is 10.4. The molecule has 3 amide bonds. The van der Waals surface area contributed by atoms with Crippen LogP contribution in [0.5, 0.6) is 5.75 Å². The van der Waals surface area contributed by atoms with E-state index in [-0.39, 0.29) is 23.8 Å². The number of rotatable bonds is 10. The number of halogens is 1. The van der Waals surface area contributed by atoms with Gasteiger partial charge in [-0.1, -0.05) is 69.1 Å². The molecule has 2 aromatic carbocycles. The summed E-state index contributed by atoms with van der Waals surface area (Å²) >= 11 is 6.37. The van der Waals surface area contributed by atoms with Crippen LogP contribution in [0.2, 0.25) is 5.02 Å². The summed E-state index contributed by atoms with van der Waals surface area (Å²) in [5.74, 6) is -1.37. The number of hydrogen-bond acceptors (Lipinski definition) is 5. The van der Waals surface area contributed by atoms with Gasteiger partial charge in [0.05, 0.1) is 10.7 Å². The van der Waals surface area contributed by atoms with Crippen LogP contribution in [0.4, 0.5) is 10.5 Å². The second-order valence-corrected chi connectivity index (χ2v) is 10.8. The lowest BCUT2D eigenvalue weighted by molar-refractivity contribution is -0.142. The quantitative estimate of drug-likeness (QED) is 0.329. The highest BCUT2D eigenvalue weighted by atomic mass is 35.5. The number of nitrogens with zero attached hydrogens (tertiary/aromatic N) is 1. The zero-order valence-electron chi connectivity index (χ0n) is 23.3. The molecule has 0 heterocycles. The summed E-state index contributed by atoms with van der Waals surface area (Å²) in [6, 6.07) is 9.52. The maximum absolute atomic E-state index is 14.1. The first-order valence-corrected chi connectivity index (χ1v) is 13.3. The summed E-state index contributed by atoms with van der Waals surface area (Å²) in [6.07, 6.45) is 0.412. The molecule has 0 saturated carbocycles. The third-order valence-electron chi connectivity index (χ3n) is 6.16. The van der Waals surface area contributed by atoms with Gasteiger partial charge in [0.1, 0.15) is 23.4 Å². The predicted molar refractivity (Wildman–Crippen MR) is 150 cm³/mol. The molecule has 0 aliphatic carbocycles. The molecule has 9 heteroatoms. The fourth-order valence-corrected chi connectivity index (χ4v) is 4.32. The number of alkyl carbamates (subject to hydrolysis) is 1. The van der Waals surface area contributed by atoms with E-state index in [1.165, 1.54) is 11.0 Å². The van der Waals surface area contributed by atoms with Crippen molar-refractivity contribution in [2.24, 2.45) is 5.92 Å². The van der Waals surface area contributed by atoms with Gasteiger partial charge >= 0.3 is 6.09 Å². The number of phenolic OH excluding ortho intramolecular Hbond substituents is 1. The SMILES string of the molecule is CCCN(C(=O)C(NC(=O)OC(C)(C)C)C(C)CC)C(C(=O)Nc1c(C)cccc1Cl)c1ccccc1O. The Morgan fingerprint density at radius 1 is 1.08 bits per heavy atom. The number of aromatic hydroxyl groups is 1. The molecule has 3 unspecified atom stereocenters. The number of phenols is 1. The highest BCUT2D eigenvalue weighted by molar-refractivity contribution is 6.34. The highest BCUT2D eigenvalue weighted by Gasteiger charge is 2.39.